The fourth-order valence-electron chi connectivity index (χ4n) is 7.85. The highest BCUT2D eigenvalue weighted by molar-refractivity contribution is 5.80. The lowest BCUT2D eigenvalue weighted by atomic mass is 9.44. The summed E-state index contributed by atoms with van der Waals surface area (Å²) in [5.41, 5.74) is -3.11. The van der Waals surface area contributed by atoms with Crippen LogP contribution in [0.3, 0.4) is 0 Å². The number of carbonyl (C=O) groups is 2. The summed E-state index contributed by atoms with van der Waals surface area (Å²) < 4.78 is 17.6. The standard InChI is InChI=1S/C28H46O6.4CH4/c1-7-26(6,17-24(2,3)22(29)33-21-10-8-9-11-32-21)23(30)34-25(4,5)27-13-19-12-20(14-27)16-28(31,15-19)18-27;;;;/h19-21,31H,7-18H2,1-6H3;4*1H4. The number of hydrogen-bond donors (Lipinski definition) is 1. The molecule has 226 valence electrons. The van der Waals surface area contributed by atoms with E-state index < -0.39 is 28.3 Å². The van der Waals surface area contributed by atoms with Gasteiger partial charge in [0.15, 0.2) is 0 Å². The van der Waals surface area contributed by atoms with Crippen LogP contribution in [-0.2, 0) is 23.8 Å². The SMILES string of the molecule is C.C.C.C.CCC(C)(CC(C)(C)C(=O)OC1CCCCO1)C(=O)OC(C)(C)C12CC3CC(CC(O)(C3)C1)C2. The van der Waals surface area contributed by atoms with Gasteiger partial charge in [-0.15, -0.1) is 0 Å². The van der Waals surface area contributed by atoms with Crippen LogP contribution in [0.15, 0.2) is 0 Å². The van der Waals surface area contributed by atoms with Gasteiger partial charge in [0.05, 0.1) is 23.0 Å². The van der Waals surface area contributed by atoms with Crippen LogP contribution in [0.2, 0.25) is 0 Å². The van der Waals surface area contributed by atoms with Gasteiger partial charge < -0.3 is 19.3 Å². The highest BCUT2D eigenvalue weighted by atomic mass is 16.7. The maximum atomic E-state index is 13.7. The van der Waals surface area contributed by atoms with Gasteiger partial charge in [0.2, 0.25) is 6.29 Å². The molecule has 0 amide bonds. The fraction of sp³-hybridized carbons (Fsp3) is 0.938. The zero-order valence-corrected chi connectivity index (χ0v) is 22.2. The van der Waals surface area contributed by atoms with Crippen molar-refractivity contribution in [3.8, 4) is 0 Å². The predicted molar refractivity (Wildman–Crippen MR) is 156 cm³/mol. The van der Waals surface area contributed by atoms with Crippen LogP contribution in [0, 0.1) is 28.1 Å². The first-order valence-electron chi connectivity index (χ1n) is 13.5. The van der Waals surface area contributed by atoms with Crippen LogP contribution in [0.1, 0.15) is 142 Å². The van der Waals surface area contributed by atoms with Crippen molar-refractivity contribution in [2.24, 2.45) is 28.1 Å². The molecule has 1 saturated heterocycles. The average molecular weight is 543 g/mol. The van der Waals surface area contributed by atoms with Crippen molar-refractivity contribution in [1.82, 2.24) is 0 Å². The lowest BCUT2D eigenvalue weighted by Gasteiger charge is -2.64. The third-order valence-electron chi connectivity index (χ3n) is 9.69. The molecule has 6 nitrogen and oxygen atoms in total. The summed E-state index contributed by atoms with van der Waals surface area (Å²) in [6, 6.07) is 0. The van der Waals surface area contributed by atoms with Crippen molar-refractivity contribution in [3.05, 3.63) is 0 Å². The molecular formula is C32H62O6. The predicted octanol–water partition coefficient (Wildman–Crippen LogP) is 8.09. The van der Waals surface area contributed by atoms with Crippen molar-refractivity contribution in [1.29, 1.82) is 0 Å². The third kappa shape index (κ3) is 6.95. The second-order valence-electron chi connectivity index (χ2n) is 13.5. The highest BCUT2D eigenvalue weighted by Gasteiger charge is 2.63. The van der Waals surface area contributed by atoms with Gasteiger partial charge in [0.25, 0.3) is 0 Å². The highest BCUT2D eigenvalue weighted by Crippen LogP contribution is 2.65. The molecule has 6 heteroatoms. The third-order valence-corrected chi connectivity index (χ3v) is 9.69. The van der Waals surface area contributed by atoms with E-state index in [0.717, 1.165) is 51.4 Å². The average Bonchev–Trinajstić information content (AvgIpc) is 2.72. The van der Waals surface area contributed by atoms with E-state index in [9.17, 15) is 14.7 Å². The molecule has 5 rings (SSSR count). The Morgan fingerprint density at radius 3 is 1.97 bits per heavy atom. The van der Waals surface area contributed by atoms with Crippen molar-refractivity contribution in [2.45, 2.75) is 159 Å². The van der Waals surface area contributed by atoms with Gasteiger partial charge in [-0.1, -0.05) is 36.6 Å². The Balaban J connectivity index is 0.00000342. The second-order valence-corrected chi connectivity index (χ2v) is 13.5. The Kier molecular flexibility index (Phi) is 12.2. The summed E-state index contributed by atoms with van der Waals surface area (Å²) in [7, 11) is 0. The maximum Gasteiger partial charge on any atom is 0.313 e. The largest absolute Gasteiger partial charge is 0.459 e. The lowest BCUT2D eigenvalue weighted by Crippen LogP contribution is -2.63. The molecule has 1 N–H and O–H groups in total. The van der Waals surface area contributed by atoms with Crippen molar-refractivity contribution in [3.63, 3.8) is 0 Å². The molecule has 4 atom stereocenters. The molecule has 38 heavy (non-hydrogen) atoms. The van der Waals surface area contributed by atoms with Crippen LogP contribution < -0.4 is 0 Å². The van der Waals surface area contributed by atoms with Crippen LogP contribution >= 0.6 is 0 Å². The minimum absolute atomic E-state index is 0. The van der Waals surface area contributed by atoms with Gasteiger partial charge >= 0.3 is 11.9 Å². The van der Waals surface area contributed by atoms with Gasteiger partial charge in [-0.3, -0.25) is 9.59 Å². The van der Waals surface area contributed by atoms with E-state index in [0.29, 0.717) is 31.3 Å². The van der Waals surface area contributed by atoms with E-state index in [-0.39, 0.29) is 47.1 Å². The molecule has 0 aromatic carbocycles. The fourth-order valence-corrected chi connectivity index (χ4v) is 7.85. The monoisotopic (exact) mass is 542 g/mol. The van der Waals surface area contributed by atoms with E-state index in [1.165, 1.54) is 6.42 Å². The summed E-state index contributed by atoms with van der Waals surface area (Å²) in [6.45, 7) is 12.3. The van der Waals surface area contributed by atoms with Crippen LogP contribution in [0.5, 0.6) is 0 Å². The number of rotatable bonds is 8. The smallest absolute Gasteiger partial charge is 0.313 e. The van der Waals surface area contributed by atoms with Crippen molar-refractivity contribution in [2.75, 3.05) is 6.61 Å². The van der Waals surface area contributed by atoms with Gasteiger partial charge in [0, 0.05) is 11.8 Å². The molecule has 5 aliphatic rings. The summed E-state index contributed by atoms with van der Waals surface area (Å²) >= 11 is 0. The van der Waals surface area contributed by atoms with Gasteiger partial charge in [-0.25, -0.2) is 0 Å². The second kappa shape index (κ2) is 12.6. The Labute approximate surface area is 235 Å². The number of carbonyl (C=O) groups excluding carboxylic acids is 2. The molecule has 1 aliphatic heterocycles. The number of hydrogen-bond acceptors (Lipinski definition) is 6. The molecule has 0 radical (unpaired) electrons. The molecular weight excluding hydrogens is 480 g/mol. The topological polar surface area (TPSA) is 82.1 Å². The first kappa shape index (κ1) is 36.9. The first-order valence-corrected chi connectivity index (χ1v) is 13.5. The minimum Gasteiger partial charge on any atom is -0.459 e. The Hall–Kier alpha value is -1.14. The number of aliphatic hydroxyl groups is 1. The molecule has 4 aliphatic carbocycles. The van der Waals surface area contributed by atoms with Gasteiger partial charge in [0.1, 0.15) is 5.60 Å². The summed E-state index contributed by atoms with van der Waals surface area (Å²) in [5, 5.41) is 11.2. The Bertz CT molecular complexity index is 782. The molecule has 4 saturated carbocycles. The minimum atomic E-state index is -0.843. The van der Waals surface area contributed by atoms with E-state index in [1.807, 2.05) is 41.5 Å². The zero-order valence-electron chi connectivity index (χ0n) is 22.2. The molecule has 1 heterocycles. The van der Waals surface area contributed by atoms with E-state index in [2.05, 4.69) is 0 Å². The van der Waals surface area contributed by atoms with Crippen LogP contribution in [0.4, 0.5) is 0 Å². The van der Waals surface area contributed by atoms with E-state index in [1.54, 1.807) is 0 Å². The number of ether oxygens (including phenoxy) is 3. The first-order chi connectivity index (χ1) is 15.7. The molecule has 5 fully saturated rings. The maximum absolute atomic E-state index is 13.7. The zero-order chi connectivity index (χ0) is 25.0. The molecule has 0 aromatic rings. The number of esters is 2. The molecule has 0 spiro atoms. The summed E-state index contributed by atoms with van der Waals surface area (Å²) in [5.74, 6) is 0.474. The van der Waals surface area contributed by atoms with Crippen molar-refractivity contribution < 1.29 is 28.9 Å². The normalized spacial score (nSPS) is 33.3. The van der Waals surface area contributed by atoms with Gasteiger partial charge in [-0.05, 0) is 111 Å². The Morgan fingerprint density at radius 2 is 1.50 bits per heavy atom. The molecule has 4 unspecified atom stereocenters. The summed E-state index contributed by atoms with van der Waals surface area (Å²) in [4.78, 5) is 26.7. The molecule has 4 bridgehead atoms. The lowest BCUT2D eigenvalue weighted by molar-refractivity contribution is -0.237. The van der Waals surface area contributed by atoms with Crippen molar-refractivity contribution >= 4 is 11.9 Å². The quantitative estimate of drug-likeness (QED) is 0.312. The van der Waals surface area contributed by atoms with Crippen LogP contribution in [0.25, 0.3) is 0 Å². The van der Waals surface area contributed by atoms with E-state index >= 15 is 0 Å². The Morgan fingerprint density at radius 1 is 0.921 bits per heavy atom. The van der Waals surface area contributed by atoms with E-state index in [4.69, 9.17) is 14.2 Å². The molecule has 0 aromatic heterocycles. The van der Waals surface area contributed by atoms with Gasteiger partial charge in [-0.2, -0.15) is 0 Å². The van der Waals surface area contributed by atoms with Crippen LogP contribution in [-0.4, -0.2) is 41.1 Å². The summed E-state index contributed by atoms with van der Waals surface area (Å²) in [6.07, 6.45) is 8.88.